The zero-order valence-corrected chi connectivity index (χ0v) is 10.6. The van der Waals surface area contributed by atoms with Gasteiger partial charge in [0, 0.05) is 18.3 Å². The first kappa shape index (κ1) is 12.6. The van der Waals surface area contributed by atoms with E-state index in [9.17, 15) is 9.59 Å². The molecule has 2 heterocycles. The monoisotopic (exact) mass is 264 g/mol. The third-order valence-electron chi connectivity index (χ3n) is 2.26. The maximum absolute atomic E-state index is 11.5. The highest BCUT2D eigenvalue weighted by Crippen LogP contribution is 2.22. The SMILES string of the molecule is CCCn1c(Sc2ccc(C=O)cn2)n[nH]c1=O. The Balaban J connectivity index is 2.22. The average molecular weight is 264 g/mol. The largest absolute Gasteiger partial charge is 0.343 e. The van der Waals surface area contributed by atoms with Crippen molar-refractivity contribution in [2.45, 2.75) is 30.1 Å². The molecule has 0 bridgehead atoms. The zero-order valence-electron chi connectivity index (χ0n) is 9.79. The molecular weight excluding hydrogens is 252 g/mol. The van der Waals surface area contributed by atoms with E-state index >= 15 is 0 Å². The van der Waals surface area contributed by atoms with Crippen molar-refractivity contribution < 1.29 is 4.79 Å². The number of rotatable bonds is 5. The second-order valence-electron chi connectivity index (χ2n) is 3.61. The molecule has 2 rings (SSSR count). The molecular formula is C11H12N4O2S. The molecule has 0 atom stereocenters. The van der Waals surface area contributed by atoms with E-state index in [2.05, 4.69) is 15.2 Å². The van der Waals surface area contributed by atoms with Gasteiger partial charge in [0.1, 0.15) is 5.03 Å². The normalized spacial score (nSPS) is 10.5. The summed E-state index contributed by atoms with van der Waals surface area (Å²) in [5, 5.41) is 7.64. The van der Waals surface area contributed by atoms with Gasteiger partial charge in [-0.1, -0.05) is 6.92 Å². The highest BCUT2D eigenvalue weighted by molar-refractivity contribution is 7.99. The van der Waals surface area contributed by atoms with E-state index in [1.54, 1.807) is 16.7 Å². The van der Waals surface area contributed by atoms with Crippen molar-refractivity contribution in [1.82, 2.24) is 19.7 Å². The summed E-state index contributed by atoms with van der Waals surface area (Å²) in [6, 6.07) is 3.40. The van der Waals surface area contributed by atoms with Gasteiger partial charge in [0.25, 0.3) is 0 Å². The molecule has 1 N–H and O–H groups in total. The summed E-state index contributed by atoms with van der Waals surface area (Å²) >= 11 is 1.29. The van der Waals surface area contributed by atoms with Crippen LogP contribution in [0.5, 0.6) is 0 Å². The lowest BCUT2D eigenvalue weighted by Gasteiger charge is -2.02. The Morgan fingerprint density at radius 2 is 2.33 bits per heavy atom. The van der Waals surface area contributed by atoms with E-state index in [4.69, 9.17) is 0 Å². The smallest absolute Gasteiger partial charge is 0.298 e. The molecule has 0 amide bonds. The fourth-order valence-corrected chi connectivity index (χ4v) is 2.22. The molecule has 0 unspecified atom stereocenters. The summed E-state index contributed by atoms with van der Waals surface area (Å²) in [6.07, 6.45) is 3.08. The van der Waals surface area contributed by atoms with Gasteiger partial charge in [0.15, 0.2) is 11.4 Å². The Bertz CT molecular complexity index is 588. The van der Waals surface area contributed by atoms with Crippen LogP contribution in [-0.4, -0.2) is 26.0 Å². The minimum Gasteiger partial charge on any atom is -0.298 e. The van der Waals surface area contributed by atoms with Crippen LogP contribution in [0.15, 0.2) is 33.3 Å². The summed E-state index contributed by atoms with van der Waals surface area (Å²) < 4.78 is 1.57. The predicted octanol–water partition coefficient (Wildman–Crippen LogP) is 1.34. The Kier molecular flexibility index (Phi) is 3.93. The van der Waals surface area contributed by atoms with Gasteiger partial charge in [0.2, 0.25) is 0 Å². The summed E-state index contributed by atoms with van der Waals surface area (Å²) in [5.74, 6) is 0. The highest BCUT2D eigenvalue weighted by atomic mass is 32.2. The third-order valence-corrected chi connectivity index (χ3v) is 3.21. The second kappa shape index (κ2) is 5.63. The van der Waals surface area contributed by atoms with E-state index < -0.39 is 0 Å². The molecule has 0 radical (unpaired) electrons. The fraction of sp³-hybridized carbons (Fsp3) is 0.273. The number of nitrogens with zero attached hydrogens (tertiary/aromatic N) is 3. The Labute approximate surface area is 107 Å². The van der Waals surface area contributed by atoms with Crippen molar-refractivity contribution in [2.75, 3.05) is 0 Å². The molecule has 0 aromatic carbocycles. The van der Waals surface area contributed by atoms with Crippen molar-refractivity contribution in [1.29, 1.82) is 0 Å². The van der Waals surface area contributed by atoms with Crippen LogP contribution in [0.3, 0.4) is 0 Å². The van der Waals surface area contributed by atoms with Crippen LogP contribution in [0.25, 0.3) is 0 Å². The van der Waals surface area contributed by atoms with Crippen LogP contribution in [0.1, 0.15) is 23.7 Å². The molecule has 0 saturated carbocycles. The van der Waals surface area contributed by atoms with Crippen molar-refractivity contribution >= 4 is 18.0 Å². The lowest BCUT2D eigenvalue weighted by molar-refractivity contribution is 0.112. The number of hydrogen-bond donors (Lipinski definition) is 1. The van der Waals surface area contributed by atoms with Crippen molar-refractivity contribution in [3.63, 3.8) is 0 Å². The summed E-state index contributed by atoms with van der Waals surface area (Å²) in [5.41, 5.74) is 0.302. The molecule has 18 heavy (non-hydrogen) atoms. The first-order valence-electron chi connectivity index (χ1n) is 5.49. The van der Waals surface area contributed by atoms with E-state index in [1.165, 1.54) is 18.0 Å². The van der Waals surface area contributed by atoms with Crippen molar-refractivity contribution in [2.24, 2.45) is 0 Å². The molecule has 0 spiro atoms. The quantitative estimate of drug-likeness (QED) is 0.824. The van der Waals surface area contributed by atoms with Crippen LogP contribution >= 0.6 is 11.8 Å². The van der Waals surface area contributed by atoms with E-state index in [0.29, 0.717) is 22.3 Å². The molecule has 0 fully saturated rings. The summed E-state index contributed by atoms with van der Waals surface area (Å²) in [6.45, 7) is 2.61. The number of aromatic amines is 1. The molecule has 2 aromatic heterocycles. The Morgan fingerprint density at radius 3 is 2.94 bits per heavy atom. The van der Waals surface area contributed by atoms with Gasteiger partial charge >= 0.3 is 5.69 Å². The topological polar surface area (TPSA) is 80.6 Å². The van der Waals surface area contributed by atoms with Gasteiger partial charge < -0.3 is 0 Å². The van der Waals surface area contributed by atoms with Gasteiger partial charge in [-0.05, 0) is 30.3 Å². The van der Waals surface area contributed by atoms with Gasteiger partial charge in [-0.15, -0.1) is 5.10 Å². The Morgan fingerprint density at radius 1 is 1.50 bits per heavy atom. The number of aromatic nitrogens is 4. The average Bonchev–Trinajstić information content (AvgIpc) is 2.73. The Hall–Kier alpha value is -1.89. The molecule has 0 aliphatic heterocycles. The maximum Gasteiger partial charge on any atom is 0.343 e. The molecule has 0 saturated heterocycles. The number of nitrogens with one attached hydrogen (secondary N) is 1. The van der Waals surface area contributed by atoms with Crippen LogP contribution in [0, 0.1) is 0 Å². The van der Waals surface area contributed by atoms with Gasteiger partial charge in [-0.2, -0.15) is 0 Å². The highest BCUT2D eigenvalue weighted by Gasteiger charge is 2.09. The molecule has 6 nitrogen and oxygen atoms in total. The number of H-pyrrole nitrogens is 1. The van der Waals surface area contributed by atoms with E-state index in [1.807, 2.05) is 6.92 Å². The lowest BCUT2D eigenvalue weighted by Crippen LogP contribution is -2.17. The minimum absolute atomic E-state index is 0.219. The van der Waals surface area contributed by atoms with Crippen molar-refractivity contribution in [3.05, 3.63) is 34.4 Å². The van der Waals surface area contributed by atoms with Crippen LogP contribution in [-0.2, 0) is 6.54 Å². The van der Waals surface area contributed by atoms with Gasteiger partial charge in [0.05, 0.1) is 0 Å². The number of hydrogen-bond acceptors (Lipinski definition) is 5. The van der Waals surface area contributed by atoms with Crippen LogP contribution in [0.2, 0.25) is 0 Å². The molecule has 2 aromatic rings. The molecule has 0 aliphatic carbocycles. The number of aldehydes is 1. The zero-order chi connectivity index (χ0) is 13.0. The minimum atomic E-state index is -0.219. The first-order chi connectivity index (χ1) is 8.74. The van der Waals surface area contributed by atoms with Crippen molar-refractivity contribution in [3.8, 4) is 0 Å². The summed E-state index contributed by atoms with van der Waals surface area (Å²) in [4.78, 5) is 26.1. The van der Waals surface area contributed by atoms with Crippen LogP contribution in [0.4, 0.5) is 0 Å². The standard InChI is InChI=1S/C11H12N4O2S/c1-2-5-15-10(17)13-14-11(15)18-9-4-3-8(7-16)6-12-9/h3-4,6-7H,2,5H2,1H3,(H,13,17). The number of pyridine rings is 1. The maximum atomic E-state index is 11.5. The second-order valence-corrected chi connectivity index (χ2v) is 4.60. The fourth-order valence-electron chi connectivity index (χ4n) is 1.42. The van der Waals surface area contributed by atoms with E-state index in [-0.39, 0.29) is 5.69 Å². The van der Waals surface area contributed by atoms with Gasteiger partial charge in [-0.3, -0.25) is 9.36 Å². The van der Waals surface area contributed by atoms with Crippen LogP contribution < -0.4 is 5.69 Å². The predicted molar refractivity (Wildman–Crippen MR) is 66.9 cm³/mol. The summed E-state index contributed by atoms with van der Waals surface area (Å²) in [7, 11) is 0. The molecule has 94 valence electrons. The first-order valence-corrected chi connectivity index (χ1v) is 6.30. The number of carbonyl (C=O) groups is 1. The van der Waals surface area contributed by atoms with Gasteiger partial charge in [-0.25, -0.2) is 14.9 Å². The molecule has 7 heteroatoms. The molecule has 0 aliphatic rings. The lowest BCUT2D eigenvalue weighted by atomic mass is 10.3. The van der Waals surface area contributed by atoms with E-state index in [0.717, 1.165) is 12.7 Å². The third kappa shape index (κ3) is 2.67. The number of carbonyl (C=O) groups excluding carboxylic acids is 1.